The molecule has 0 N–H and O–H groups in total. The fraction of sp³-hybridized carbons (Fsp3) is 0.312. The maximum absolute atomic E-state index is 14.1. The Bertz CT molecular complexity index is 2140. The summed E-state index contributed by atoms with van der Waals surface area (Å²) in [5.41, 5.74) is 3.35. The number of benzene rings is 5. The van der Waals surface area contributed by atoms with E-state index < -0.39 is 53.9 Å². The second-order valence-corrected chi connectivity index (χ2v) is 17.4. The highest BCUT2D eigenvalue weighted by molar-refractivity contribution is 9.10. The van der Waals surface area contributed by atoms with E-state index in [1.165, 1.54) is 18.7 Å². The Labute approximate surface area is 358 Å². The van der Waals surface area contributed by atoms with Crippen LogP contribution >= 0.6 is 27.7 Å². The number of carbonyl (C=O) groups is 3. The van der Waals surface area contributed by atoms with Crippen molar-refractivity contribution in [2.45, 2.75) is 94.1 Å². The van der Waals surface area contributed by atoms with Crippen molar-refractivity contribution in [1.82, 2.24) is 0 Å². The first kappa shape index (κ1) is 43.8. The van der Waals surface area contributed by atoms with E-state index in [9.17, 15) is 14.4 Å². The highest BCUT2D eigenvalue weighted by Crippen LogP contribution is 2.41. The predicted octanol–water partition coefficient (Wildman–Crippen LogP) is 10.1. The van der Waals surface area contributed by atoms with Gasteiger partial charge in [-0.2, -0.15) is 0 Å². The van der Waals surface area contributed by atoms with Gasteiger partial charge in [-0.25, -0.2) is 9.59 Å². The molecule has 308 valence electrons. The molecule has 59 heavy (non-hydrogen) atoms. The molecule has 6 rings (SSSR count). The summed E-state index contributed by atoms with van der Waals surface area (Å²) in [4.78, 5) is 41.4. The summed E-state index contributed by atoms with van der Waals surface area (Å²) in [6, 6.07) is 40.8. The summed E-state index contributed by atoms with van der Waals surface area (Å²) in [5.74, 6) is -1.78. The monoisotopic (exact) mass is 880 g/mol. The van der Waals surface area contributed by atoms with Gasteiger partial charge in [0.15, 0.2) is 12.2 Å². The Morgan fingerprint density at radius 3 is 1.92 bits per heavy atom. The fourth-order valence-corrected chi connectivity index (χ4v) is 8.05. The molecule has 0 amide bonds. The number of esters is 3. The average molecular weight is 882 g/mol. The van der Waals surface area contributed by atoms with Crippen molar-refractivity contribution >= 4 is 45.6 Å². The van der Waals surface area contributed by atoms with Gasteiger partial charge in [0.1, 0.15) is 30.4 Å². The Morgan fingerprint density at radius 2 is 1.31 bits per heavy atom. The summed E-state index contributed by atoms with van der Waals surface area (Å²) < 4.78 is 39.8. The lowest BCUT2D eigenvalue weighted by molar-refractivity contribution is -0.252. The molecule has 0 saturated carbocycles. The Hall–Kier alpha value is -4.78. The van der Waals surface area contributed by atoms with Crippen LogP contribution in [0.2, 0.25) is 0 Å². The van der Waals surface area contributed by atoms with Crippen molar-refractivity contribution < 1.29 is 42.8 Å². The lowest BCUT2D eigenvalue weighted by Crippen LogP contribution is -2.63. The quantitative estimate of drug-likeness (QED) is 0.0745. The minimum absolute atomic E-state index is 0.0732. The molecule has 5 aromatic rings. The minimum Gasteiger partial charge on any atom is -0.459 e. The van der Waals surface area contributed by atoms with Crippen LogP contribution in [-0.2, 0) is 51.8 Å². The van der Waals surface area contributed by atoms with Crippen LogP contribution in [0.3, 0.4) is 0 Å². The van der Waals surface area contributed by atoms with Crippen molar-refractivity contribution in [2.24, 2.45) is 0 Å². The fourth-order valence-electron chi connectivity index (χ4n) is 6.56. The van der Waals surface area contributed by atoms with Crippen molar-refractivity contribution in [3.05, 3.63) is 171 Å². The zero-order chi connectivity index (χ0) is 41.9. The lowest BCUT2D eigenvalue weighted by Gasteiger charge is -2.47. The van der Waals surface area contributed by atoms with E-state index in [0.29, 0.717) is 11.1 Å². The highest BCUT2D eigenvalue weighted by atomic mass is 79.9. The molecule has 9 nitrogen and oxygen atoms in total. The molecule has 0 aromatic heterocycles. The minimum atomic E-state index is -1.21. The van der Waals surface area contributed by atoms with Crippen LogP contribution in [0.4, 0.5) is 0 Å². The number of rotatable bonds is 15. The van der Waals surface area contributed by atoms with Crippen LogP contribution in [0, 0.1) is 6.92 Å². The smallest absolute Gasteiger partial charge is 0.338 e. The summed E-state index contributed by atoms with van der Waals surface area (Å²) in [7, 11) is 0. The van der Waals surface area contributed by atoms with Gasteiger partial charge in [-0.3, -0.25) is 4.79 Å². The van der Waals surface area contributed by atoms with Crippen LogP contribution in [0.1, 0.15) is 70.7 Å². The number of hydrogen-bond acceptors (Lipinski definition) is 10. The molecule has 1 saturated heterocycles. The number of thioether (sulfide) groups is 1. The van der Waals surface area contributed by atoms with E-state index in [1.54, 1.807) is 54.6 Å². The van der Waals surface area contributed by atoms with E-state index in [-0.39, 0.29) is 25.2 Å². The molecule has 11 heteroatoms. The van der Waals surface area contributed by atoms with E-state index >= 15 is 0 Å². The number of aryl methyl sites for hydroxylation is 1. The van der Waals surface area contributed by atoms with Crippen LogP contribution in [-0.4, -0.2) is 60.5 Å². The predicted molar refractivity (Wildman–Crippen MR) is 230 cm³/mol. The Balaban J connectivity index is 1.46. The second-order valence-electron chi connectivity index (χ2n) is 15.3. The maximum Gasteiger partial charge on any atom is 0.338 e. The van der Waals surface area contributed by atoms with E-state index in [2.05, 4.69) is 54.9 Å². The van der Waals surface area contributed by atoms with E-state index in [4.69, 9.17) is 28.4 Å². The van der Waals surface area contributed by atoms with Gasteiger partial charge in [-0.15, -0.1) is 0 Å². The molecule has 1 heterocycles. The molecule has 0 radical (unpaired) electrons. The zero-order valence-electron chi connectivity index (χ0n) is 33.7. The largest absolute Gasteiger partial charge is 0.459 e. The zero-order valence-corrected chi connectivity index (χ0v) is 36.2. The van der Waals surface area contributed by atoms with Crippen molar-refractivity contribution in [1.29, 1.82) is 0 Å². The molecule has 1 aliphatic rings. The maximum atomic E-state index is 14.1. The number of carbonyl (C=O) groups excluding carboxylic acids is 3. The highest BCUT2D eigenvalue weighted by Gasteiger charge is 2.54. The van der Waals surface area contributed by atoms with Crippen LogP contribution in [0.5, 0.6) is 0 Å². The van der Waals surface area contributed by atoms with Crippen LogP contribution in [0.25, 0.3) is 0 Å². The summed E-state index contributed by atoms with van der Waals surface area (Å²) in [6.07, 6.45) is -5.43. The molecule has 0 aliphatic carbocycles. The SMILES string of the molecule is CC(=O)O[C@@H]1C(Sc2cc(C(C)(C)C)ccc2C)O[C@H]([C@@H](COC(=O)c2ccccc2)OCc2ccccc2)[C@@H](OCc2ccc(Br)cc2)[C@@H]1OC(=O)c1ccccc1. The third-order valence-corrected chi connectivity index (χ3v) is 11.6. The Kier molecular flexibility index (Phi) is 15.2. The topological polar surface area (TPSA) is 107 Å². The molecule has 1 fully saturated rings. The first-order valence-corrected chi connectivity index (χ1v) is 21.1. The van der Waals surface area contributed by atoms with Crippen LogP contribution < -0.4 is 0 Å². The van der Waals surface area contributed by atoms with Crippen LogP contribution in [0.15, 0.2) is 143 Å². The summed E-state index contributed by atoms with van der Waals surface area (Å²) >= 11 is 4.86. The third kappa shape index (κ3) is 12.1. The second kappa shape index (κ2) is 20.5. The lowest BCUT2D eigenvalue weighted by atomic mass is 9.87. The Morgan fingerprint density at radius 1 is 0.712 bits per heavy atom. The van der Waals surface area contributed by atoms with Gasteiger partial charge in [0, 0.05) is 16.3 Å². The van der Waals surface area contributed by atoms with Gasteiger partial charge in [0.2, 0.25) is 0 Å². The van der Waals surface area contributed by atoms with Crippen molar-refractivity contribution in [2.75, 3.05) is 6.61 Å². The van der Waals surface area contributed by atoms with E-state index in [1.807, 2.05) is 67.6 Å². The van der Waals surface area contributed by atoms with Crippen molar-refractivity contribution in [3.8, 4) is 0 Å². The van der Waals surface area contributed by atoms with Gasteiger partial charge in [-0.05, 0) is 77.1 Å². The first-order valence-electron chi connectivity index (χ1n) is 19.5. The molecule has 6 atom stereocenters. The molecule has 5 aromatic carbocycles. The molecular weight excluding hydrogens is 832 g/mol. The standard InChI is InChI=1S/C48H49BrO9S/c1-31-21-24-37(48(3,4)5)27-40(31)59-47-44(56-32(2)50)43(57-46(52)36-19-13-8-14-20-36)42(54-29-34-22-25-38(49)26-23-34)41(58-47)39(53-28-33-15-9-6-10-16-33)30-55-45(51)35-17-11-7-12-18-35/h6-27,39,41-44,47H,28-30H2,1-5H3/t39-,41-,42-,43+,44+,47?/m1/s1. The van der Waals surface area contributed by atoms with E-state index in [0.717, 1.165) is 31.6 Å². The van der Waals surface area contributed by atoms with Gasteiger partial charge in [0.25, 0.3) is 0 Å². The molecule has 0 bridgehead atoms. The number of halogens is 1. The van der Waals surface area contributed by atoms with Gasteiger partial charge < -0.3 is 28.4 Å². The number of hydrogen-bond donors (Lipinski definition) is 0. The average Bonchev–Trinajstić information content (AvgIpc) is 3.23. The number of ether oxygens (including phenoxy) is 6. The molecular formula is C48H49BrO9S. The molecule has 1 unspecified atom stereocenters. The third-order valence-electron chi connectivity index (χ3n) is 9.80. The van der Waals surface area contributed by atoms with Gasteiger partial charge >= 0.3 is 17.9 Å². The normalized spacial score (nSPS) is 19.7. The summed E-state index contributed by atoms with van der Waals surface area (Å²) in [5, 5.41) is 0. The molecule has 1 aliphatic heterocycles. The first-order chi connectivity index (χ1) is 28.4. The summed E-state index contributed by atoms with van der Waals surface area (Å²) in [6.45, 7) is 9.70. The van der Waals surface area contributed by atoms with Gasteiger partial charge in [-0.1, -0.05) is 139 Å². The molecule has 0 spiro atoms. The van der Waals surface area contributed by atoms with Crippen molar-refractivity contribution in [3.63, 3.8) is 0 Å². The van der Waals surface area contributed by atoms with Gasteiger partial charge in [0.05, 0.1) is 24.3 Å².